The molecule has 0 radical (unpaired) electrons. The van der Waals surface area contributed by atoms with E-state index in [4.69, 9.17) is 9.15 Å². The molecule has 1 aromatic rings. The molecule has 1 aromatic heterocycles. The van der Waals surface area contributed by atoms with Crippen LogP contribution in [-0.4, -0.2) is 43.5 Å². The molecule has 6 heteroatoms. The van der Waals surface area contributed by atoms with Crippen LogP contribution in [0.3, 0.4) is 0 Å². The predicted octanol–water partition coefficient (Wildman–Crippen LogP) is 0.697. The summed E-state index contributed by atoms with van der Waals surface area (Å²) in [6.07, 6.45) is 2.63. The SMILES string of the molecule is COC(=O)c1coc(CNCC2(O)CCOCC2)c1. The average molecular weight is 269 g/mol. The fourth-order valence-electron chi connectivity index (χ4n) is 2.04. The molecule has 0 aromatic carbocycles. The molecular weight excluding hydrogens is 250 g/mol. The molecule has 2 rings (SSSR count). The monoisotopic (exact) mass is 269 g/mol. The van der Waals surface area contributed by atoms with Crippen molar-refractivity contribution in [2.45, 2.75) is 25.0 Å². The van der Waals surface area contributed by atoms with Crippen molar-refractivity contribution >= 4 is 5.97 Å². The first kappa shape index (κ1) is 14.0. The summed E-state index contributed by atoms with van der Waals surface area (Å²) in [7, 11) is 1.33. The highest BCUT2D eigenvalue weighted by Gasteiger charge is 2.29. The van der Waals surface area contributed by atoms with Gasteiger partial charge in [-0.1, -0.05) is 0 Å². The van der Waals surface area contributed by atoms with Gasteiger partial charge >= 0.3 is 5.97 Å². The number of rotatable bonds is 5. The molecule has 1 aliphatic rings. The van der Waals surface area contributed by atoms with E-state index < -0.39 is 11.6 Å². The van der Waals surface area contributed by atoms with Crippen molar-refractivity contribution in [3.8, 4) is 0 Å². The van der Waals surface area contributed by atoms with Crippen molar-refractivity contribution in [1.82, 2.24) is 5.32 Å². The van der Waals surface area contributed by atoms with Gasteiger partial charge in [-0.3, -0.25) is 0 Å². The summed E-state index contributed by atoms with van der Waals surface area (Å²) in [4.78, 5) is 11.2. The smallest absolute Gasteiger partial charge is 0.341 e. The summed E-state index contributed by atoms with van der Waals surface area (Å²) in [5.41, 5.74) is -0.320. The van der Waals surface area contributed by atoms with Crippen LogP contribution in [0.2, 0.25) is 0 Å². The number of furan rings is 1. The number of carbonyl (C=O) groups is 1. The van der Waals surface area contributed by atoms with Crippen molar-refractivity contribution in [3.05, 3.63) is 23.7 Å². The van der Waals surface area contributed by atoms with Crippen LogP contribution < -0.4 is 5.32 Å². The van der Waals surface area contributed by atoms with Crippen LogP contribution >= 0.6 is 0 Å². The topological polar surface area (TPSA) is 80.9 Å². The Morgan fingerprint density at radius 1 is 1.53 bits per heavy atom. The first-order chi connectivity index (χ1) is 9.13. The Hall–Kier alpha value is -1.37. The molecule has 1 saturated heterocycles. The number of ether oxygens (including phenoxy) is 2. The molecule has 0 spiro atoms. The van der Waals surface area contributed by atoms with Crippen molar-refractivity contribution in [2.24, 2.45) is 0 Å². The number of aliphatic hydroxyl groups is 1. The third kappa shape index (κ3) is 3.79. The van der Waals surface area contributed by atoms with Crippen molar-refractivity contribution < 1.29 is 23.8 Å². The molecule has 1 fully saturated rings. The standard InChI is InChI=1S/C13H19NO5/c1-17-12(15)10-6-11(19-8-10)7-14-9-13(16)2-4-18-5-3-13/h6,8,14,16H,2-5,7,9H2,1H3. The van der Waals surface area contributed by atoms with Gasteiger partial charge in [0.25, 0.3) is 0 Å². The normalized spacial score (nSPS) is 18.2. The highest BCUT2D eigenvalue weighted by molar-refractivity contribution is 5.88. The second-order valence-electron chi connectivity index (χ2n) is 4.73. The molecule has 2 heterocycles. The van der Waals surface area contributed by atoms with Gasteiger partial charge in [-0.15, -0.1) is 0 Å². The van der Waals surface area contributed by atoms with Crippen LogP contribution in [0, 0.1) is 0 Å². The third-order valence-electron chi connectivity index (χ3n) is 3.25. The molecule has 0 aliphatic carbocycles. The fraction of sp³-hybridized carbons (Fsp3) is 0.615. The molecule has 0 amide bonds. The minimum Gasteiger partial charge on any atom is -0.467 e. The zero-order chi connectivity index (χ0) is 13.7. The predicted molar refractivity (Wildman–Crippen MR) is 66.8 cm³/mol. The van der Waals surface area contributed by atoms with Gasteiger partial charge in [0.2, 0.25) is 0 Å². The number of nitrogens with one attached hydrogen (secondary N) is 1. The maximum absolute atomic E-state index is 11.2. The maximum atomic E-state index is 11.2. The highest BCUT2D eigenvalue weighted by atomic mass is 16.5. The van der Waals surface area contributed by atoms with Gasteiger partial charge in [0.1, 0.15) is 12.0 Å². The number of esters is 1. The molecule has 0 atom stereocenters. The lowest BCUT2D eigenvalue weighted by Crippen LogP contribution is -2.44. The van der Waals surface area contributed by atoms with Gasteiger partial charge in [0, 0.05) is 32.6 Å². The molecule has 0 bridgehead atoms. The molecule has 1 aliphatic heterocycles. The van der Waals surface area contributed by atoms with Crippen LogP contribution in [0.1, 0.15) is 29.0 Å². The van der Waals surface area contributed by atoms with Crippen LogP contribution in [0.4, 0.5) is 0 Å². The Balaban J connectivity index is 1.79. The molecule has 19 heavy (non-hydrogen) atoms. The summed E-state index contributed by atoms with van der Waals surface area (Å²) < 4.78 is 15.0. The summed E-state index contributed by atoms with van der Waals surface area (Å²) in [6.45, 7) is 2.11. The third-order valence-corrected chi connectivity index (χ3v) is 3.25. The Morgan fingerprint density at radius 3 is 2.95 bits per heavy atom. The van der Waals surface area contributed by atoms with E-state index >= 15 is 0 Å². The van der Waals surface area contributed by atoms with E-state index in [2.05, 4.69) is 10.1 Å². The van der Waals surface area contributed by atoms with Crippen molar-refractivity contribution in [1.29, 1.82) is 0 Å². The minimum absolute atomic E-state index is 0.393. The van der Waals surface area contributed by atoms with Crippen molar-refractivity contribution in [2.75, 3.05) is 26.9 Å². The Labute approximate surface area is 111 Å². The number of methoxy groups -OCH3 is 1. The second-order valence-corrected chi connectivity index (χ2v) is 4.73. The van der Waals surface area contributed by atoms with E-state index in [1.165, 1.54) is 13.4 Å². The number of carbonyl (C=O) groups excluding carboxylic acids is 1. The van der Waals surface area contributed by atoms with E-state index in [0.717, 1.165) is 0 Å². The first-order valence-corrected chi connectivity index (χ1v) is 6.29. The van der Waals surface area contributed by atoms with Crippen LogP contribution in [0.15, 0.2) is 16.7 Å². The zero-order valence-electron chi connectivity index (χ0n) is 11.0. The largest absolute Gasteiger partial charge is 0.467 e. The number of hydrogen-bond donors (Lipinski definition) is 2. The molecule has 106 valence electrons. The van der Waals surface area contributed by atoms with Gasteiger partial charge in [-0.05, 0) is 6.07 Å². The zero-order valence-corrected chi connectivity index (χ0v) is 11.0. The highest BCUT2D eigenvalue weighted by Crippen LogP contribution is 2.19. The maximum Gasteiger partial charge on any atom is 0.341 e. The Kier molecular flexibility index (Phi) is 4.57. The van der Waals surface area contributed by atoms with E-state index in [0.29, 0.717) is 50.5 Å². The summed E-state index contributed by atoms with van der Waals surface area (Å²) >= 11 is 0. The van der Waals surface area contributed by atoms with Crippen LogP contribution in [0.5, 0.6) is 0 Å². The van der Waals surface area contributed by atoms with Gasteiger partial charge in [-0.25, -0.2) is 4.79 Å². The average Bonchev–Trinajstić information content (AvgIpc) is 2.87. The van der Waals surface area contributed by atoms with E-state index in [-0.39, 0.29) is 0 Å². The lowest BCUT2D eigenvalue weighted by molar-refractivity contribution is -0.0618. The lowest BCUT2D eigenvalue weighted by atomic mass is 9.94. The van der Waals surface area contributed by atoms with E-state index in [1.807, 2.05) is 0 Å². The van der Waals surface area contributed by atoms with E-state index in [1.54, 1.807) is 6.07 Å². The summed E-state index contributed by atoms with van der Waals surface area (Å²) in [6, 6.07) is 1.63. The van der Waals surface area contributed by atoms with E-state index in [9.17, 15) is 9.90 Å². The van der Waals surface area contributed by atoms with Crippen LogP contribution in [0.25, 0.3) is 0 Å². The van der Waals surface area contributed by atoms with Gasteiger partial charge in [0.05, 0.1) is 24.8 Å². The second kappa shape index (κ2) is 6.18. The molecule has 0 unspecified atom stereocenters. The Bertz CT molecular complexity index is 422. The minimum atomic E-state index is -0.712. The lowest BCUT2D eigenvalue weighted by Gasteiger charge is -2.32. The molecule has 0 saturated carbocycles. The van der Waals surface area contributed by atoms with Gasteiger partial charge < -0.3 is 24.3 Å². The fourth-order valence-corrected chi connectivity index (χ4v) is 2.04. The first-order valence-electron chi connectivity index (χ1n) is 6.29. The summed E-state index contributed by atoms with van der Waals surface area (Å²) in [5.74, 6) is 0.217. The van der Waals surface area contributed by atoms with Gasteiger partial charge in [-0.2, -0.15) is 0 Å². The molecule has 6 nitrogen and oxygen atoms in total. The number of hydrogen-bond acceptors (Lipinski definition) is 6. The quantitative estimate of drug-likeness (QED) is 0.766. The van der Waals surface area contributed by atoms with Crippen LogP contribution in [-0.2, 0) is 16.0 Å². The Morgan fingerprint density at radius 2 is 2.26 bits per heavy atom. The summed E-state index contributed by atoms with van der Waals surface area (Å²) in [5, 5.41) is 13.4. The molecular formula is C13H19NO5. The van der Waals surface area contributed by atoms with Crippen molar-refractivity contribution in [3.63, 3.8) is 0 Å². The van der Waals surface area contributed by atoms with Gasteiger partial charge in [0.15, 0.2) is 0 Å². The molecule has 2 N–H and O–H groups in total.